The summed E-state index contributed by atoms with van der Waals surface area (Å²) in [5, 5.41) is 1.25. The van der Waals surface area contributed by atoms with Gasteiger partial charge in [-0.2, -0.15) is 4.98 Å². The maximum absolute atomic E-state index is 5.80. The van der Waals surface area contributed by atoms with Gasteiger partial charge in [0, 0.05) is 23.5 Å². The second kappa shape index (κ2) is 3.61. The lowest BCUT2D eigenvalue weighted by atomic mass is 10.3. The van der Waals surface area contributed by atoms with Crippen LogP contribution in [0.25, 0.3) is 16.7 Å². The highest BCUT2D eigenvalue weighted by Gasteiger charge is 2.05. The van der Waals surface area contributed by atoms with Crippen LogP contribution >= 0.6 is 11.6 Å². The van der Waals surface area contributed by atoms with Gasteiger partial charge in [0.25, 0.3) is 0 Å². The van der Waals surface area contributed by atoms with E-state index < -0.39 is 0 Å². The largest absolute Gasteiger partial charge is 0.301 e. The summed E-state index contributed by atoms with van der Waals surface area (Å²) < 4.78 is 1.99. The van der Waals surface area contributed by atoms with Crippen molar-refractivity contribution in [3.63, 3.8) is 0 Å². The number of hydrogen-bond acceptors (Lipinski definition) is 2. The minimum Gasteiger partial charge on any atom is -0.301 e. The second-order valence-electron chi connectivity index (χ2n) is 3.44. The molecule has 0 aliphatic carbocycles. The summed E-state index contributed by atoms with van der Waals surface area (Å²) in [6, 6.07) is 12.0. The molecule has 0 N–H and O–H groups in total. The third-order valence-corrected chi connectivity index (χ3v) is 2.61. The maximum atomic E-state index is 5.80. The molecule has 0 aliphatic rings. The number of hydrogen-bond donors (Lipinski definition) is 0. The minimum atomic E-state index is 0.267. The first kappa shape index (κ1) is 9.36. The summed E-state index contributed by atoms with van der Waals surface area (Å²) >= 11 is 5.80. The molecule has 3 nitrogen and oxygen atoms in total. The monoisotopic (exact) mass is 229 g/mol. The van der Waals surface area contributed by atoms with Gasteiger partial charge in [0.2, 0.25) is 5.28 Å². The van der Waals surface area contributed by atoms with Gasteiger partial charge in [0.05, 0.1) is 0 Å². The van der Waals surface area contributed by atoms with Crippen LogP contribution in [-0.4, -0.2) is 14.5 Å². The van der Waals surface area contributed by atoms with Crippen molar-refractivity contribution in [1.29, 1.82) is 0 Å². The molecule has 2 aromatic heterocycles. The lowest BCUT2D eigenvalue weighted by molar-refractivity contribution is 1.08. The van der Waals surface area contributed by atoms with Gasteiger partial charge in [-0.15, -0.1) is 0 Å². The zero-order chi connectivity index (χ0) is 11.0. The molecule has 0 saturated heterocycles. The van der Waals surface area contributed by atoms with Crippen molar-refractivity contribution >= 4 is 22.6 Å². The molecule has 0 amide bonds. The molecule has 0 aliphatic heterocycles. The summed E-state index contributed by atoms with van der Waals surface area (Å²) in [4.78, 5) is 8.18. The van der Waals surface area contributed by atoms with Crippen molar-refractivity contribution in [1.82, 2.24) is 14.5 Å². The maximum Gasteiger partial charge on any atom is 0.224 e. The van der Waals surface area contributed by atoms with Gasteiger partial charge in [-0.25, -0.2) is 4.98 Å². The fraction of sp³-hybridized carbons (Fsp3) is 0. The van der Waals surface area contributed by atoms with Gasteiger partial charge in [-0.05, 0) is 29.8 Å². The molecule has 0 spiro atoms. The number of fused-ring (bicyclic) bond motifs is 1. The minimum absolute atomic E-state index is 0.267. The molecule has 0 atom stereocenters. The van der Waals surface area contributed by atoms with Crippen LogP contribution in [0.15, 0.2) is 48.8 Å². The smallest absolute Gasteiger partial charge is 0.224 e. The summed E-state index contributed by atoms with van der Waals surface area (Å²) in [6.45, 7) is 0. The molecule has 16 heavy (non-hydrogen) atoms. The van der Waals surface area contributed by atoms with Crippen LogP contribution in [0.4, 0.5) is 0 Å². The zero-order valence-corrected chi connectivity index (χ0v) is 9.09. The molecule has 3 aromatic rings. The van der Waals surface area contributed by atoms with Crippen LogP contribution in [0, 0.1) is 0 Å². The Labute approximate surface area is 97.3 Å². The zero-order valence-electron chi connectivity index (χ0n) is 8.34. The number of rotatable bonds is 1. The van der Waals surface area contributed by atoms with Crippen molar-refractivity contribution in [3.05, 3.63) is 54.1 Å². The van der Waals surface area contributed by atoms with Crippen molar-refractivity contribution in [2.75, 3.05) is 0 Å². The van der Waals surface area contributed by atoms with Crippen LogP contribution in [0.3, 0.4) is 0 Å². The van der Waals surface area contributed by atoms with Crippen LogP contribution < -0.4 is 0 Å². The quantitative estimate of drug-likeness (QED) is 0.601. The fourth-order valence-electron chi connectivity index (χ4n) is 1.69. The van der Waals surface area contributed by atoms with E-state index in [0.29, 0.717) is 0 Å². The third-order valence-electron chi connectivity index (χ3n) is 2.43. The van der Waals surface area contributed by atoms with E-state index in [1.165, 1.54) is 0 Å². The Morgan fingerprint density at radius 2 is 1.88 bits per heavy atom. The van der Waals surface area contributed by atoms with Gasteiger partial charge in [-0.1, -0.05) is 18.2 Å². The lowest BCUT2D eigenvalue weighted by Gasteiger charge is -2.03. The number of halogens is 1. The molecule has 0 bridgehead atoms. The van der Waals surface area contributed by atoms with Gasteiger partial charge >= 0.3 is 0 Å². The molecule has 1 aromatic carbocycles. The summed E-state index contributed by atoms with van der Waals surface area (Å²) in [5.74, 6) is 0. The molecule has 0 radical (unpaired) electrons. The van der Waals surface area contributed by atoms with Gasteiger partial charge in [0.15, 0.2) is 0 Å². The molecular formula is C12H8ClN3. The van der Waals surface area contributed by atoms with E-state index in [1.807, 2.05) is 47.2 Å². The van der Waals surface area contributed by atoms with E-state index in [9.17, 15) is 0 Å². The SMILES string of the molecule is Clc1ncc2ccn(-c3ccccc3)c2n1. The first-order valence-electron chi connectivity index (χ1n) is 4.89. The van der Waals surface area contributed by atoms with E-state index >= 15 is 0 Å². The highest BCUT2D eigenvalue weighted by molar-refractivity contribution is 6.28. The van der Waals surface area contributed by atoms with Crippen LogP contribution in [0.5, 0.6) is 0 Å². The molecule has 3 rings (SSSR count). The average Bonchev–Trinajstić information content (AvgIpc) is 2.73. The average molecular weight is 230 g/mol. The molecule has 0 unspecified atom stereocenters. The Hall–Kier alpha value is -1.87. The van der Waals surface area contributed by atoms with E-state index in [4.69, 9.17) is 11.6 Å². The summed E-state index contributed by atoms with van der Waals surface area (Å²) in [6.07, 6.45) is 3.69. The van der Waals surface area contributed by atoms with E-state index in [0.717, 1.165) is 16.7 Å². The predicted octanol–water partition coefficient (Wildman–Crippen LogP) is 3.07. The molecule has 0 saturated carbocycles. The highest BCUT2D eigenvalue weighted by atomic mass is 35.5. The Bertz CT molecular complexity index is 631. The third kappa shape index (κ3) is 1.46. The normalized spacial score (nSPS) is 10.8. The summed E-state index contributed by atoms with van der Waals surface area (Å²) in [5.41, 5.74) is 1.89. The van der Waals surface area contributed by atoms with Crippen molar-refractivity contribution in [2.24, 2.45) is 0 Å². The van der Waals surface area contributed by atoms with Crippen molar-refractivity contribution < 1.29 is 0 Å². The topological polar surface area (TPSA) is 30.7 Å². The van der Waals surface area contributed by atoms with Gasteiger partial charge in [-0.3, -0.25) is 0 Å². The number of nitrogens with zero attached hydrogens (tertiary/aromatic N) is 3. The summed E-state index contributed by atoms with van der Waals surface area (Å²) in [7, 11) is 0. The van der Waals surface area contributed by atoms with Crippen LogP contribution in [0.2, 0.25) is 5.28 Å². The van der Waals surface area contributed by atoms with Crippen LogP contribution in [0.1, 0.15) is 0 Å². The Morgan fingerprint density at radius 3 is 2.69 bits per heavy atom. The van der Waals surface area contributed by atoms with E-state index in [-0.39, 0.29) is 5.28 Å². The molecular weight excluding hydrogens is 222 g/mol. The van der Waals surface area contributed by atoms with Gasteiger partial charge in [0.1, 0.15) is 5.65 Å². The lowest BCUT2D eigenvalue weighted by Crippen LogP contribution is -1.94. The molecule has 78 valence electrons. The second-order valence-corrected chi connectivity index (χ2v) is 3.78. The van der Waals surface area contributed by atoms with Gasteiger partial charge < -0.3 is 4.57 Å². The first-order chi connectivity index (χ1) is 7.84. The Kier molecular flexibility index (Phi) is 2.11. The van der Waals surface area contributed by atoms with Crippen molar-refractivity contribution in [3.8, 4) is 5.69 Å². The number of benzene rings is 1. The van der Waals surface area contributed by atoms with E-state index in [1.54, 1.807) is 6.20 Å². The Morgan fingerprint density at radius 1 is 1.06 bits per heavy atom. The van der Waals surface area contributed by atoms with Crippen molar-refractivity contribution in [2.45, 2.75) is 0 Å². The predicted molar refractivity (Wildman–Crippen MR) is 63.9 cm³/mol. The van der Waals surface area contributed by atoms with Crippen LogP contribution in [-0.2, 0) is 0 Å². The first-order valence-corrected chi connectivity index (χ1v) is 5.27. The standard InChI is InChI=1S/C12H8ClN3/c13-12-14-8-9-6-7-16(11(9)15-12)10-4-2-1-3-5-10/h1-8H. The molecule has 0 fully saturated rings. The van der Waals surface area contributed by atoms with E-state index in [2.05, 4.69) is 9.97 Å². The fourth-order valence-corrected chi connectivity index (χ4v) is 1.82. The highest BCUT2D eigenvalue weighted by Crippen LogP contribution is 2.18. The molecule has 2 heterocycles. The Balaban J connectivity index is 2.29. The number of aromatic nitrogens is 3. The number of para-hydroxylation sites is 1. The molecule has 4 heteroatoms.